The summed E-state index contributed by atoms with van der Waals surface area (Å²) in [4.78, 5) is 36.7. The summed E-state index contributed by atoms with van der Waals surface area (Å²) in [5.74, 6) is -0.379. The van der Waals surface area contributed by atoms with Gasteiger partial charge in [-0.2, -0.15) is 0 Å². The van der Waals surface area contributed by atoms with Crippen LogP contribution in [-0.2, 0) is 20.7 Å². The Balaban J connectivity index is 2.24. The van der Waals surface area contributed by atoms with Gasteiger partial charge in [0.15, 0.2) is 5.78 Å². The van der Waals surface area contributed by atoms with E-state index in [1.807, 2.05) is 0 Å². The maximum atomic E-state index is 12.8. The third-order valence-electron chi connectivity index (χ3n) is 4.39. The van der Waals surface area contributed by atoms with E-state index < -0.39 is 12.0 Å². The first kappa shape index (κ1) is 23.4. The standard InChI is InChI=1S/C23H26ClNO5/c1-14(2)30-23(28)13-20(18-7-5-6-8-19(18)24)25-22(27)12-17-11-16(15(3)26)9-10-21(17)29-4/h5-11,14,20H,12-13H2,1-4H3,(H,25,27). The van der Waals surface area contributed by atoms with E-state index in [4.69, 9.17) is 21.1 Å². The number of carbonyl (C=O) groups is 3. The molecule has 0 aliphatic heterocycles. The quantitative estimate of drug-likeness (QED) is 0.473. The number of halogens is 1. The van der Waals surface area contributed by atoms with Gasteiger partial charge in [0.2, 0.25) is 5.91 Å². The minimum absolute atomic E-state index is 0.0233. The van der Waals surface area contributed by atoms with Crippen molar-refractivity contribution < 1.29 is 23.9 Å². The van der Waals surface area contributed by atoms with Crippen LogP contribution in [0.3, 0.4) is 0 Å². The van der Waals surface area contributed by atoms with Crippen molar-refractivity contribution in [3.05, 3.63) is 64.2 Å². The van der Waals surface area contributed by atoms with E-state index in [0.29, 0.717) is 27.5 Å². The summed E-state index contributed by atoms with van der Waals surface area (Å²) < 4.78 is 10.5. The van der Waals surface area contributed by atoms with Gasteiger partial charge in [0.05, 0.1) is 32.1 Å². The molecular formula is C23H26ClNO5. The summed E-state index contributed by atoms with van der Waals surface area (Å²) in [6.45, 7) is 4.98. The van der Waals surface area contributed by atoms with Crippen molar-refractivity contribution in [3.8, 4) is 5.75 Å². The van der Waals surface area contributed by atoms with Gasteiger partial charge in [0, 0.05) is 16.1 Å². The number of hydrogen-bond donors (Lipinski definition) is 1. The zero-order valence-corrected chi connectivity index (χ0v) is 18.3. The lowest BCUT2D eigenvalue weighted by Gasteiger charge is -2.21. The third kappa shape index (κ3) is 6.59. The number of esters is 1. The van der Waals surface area contributed by atoms with Crippen LogP contribution in [0.4, 0.5) is 0 Å². The smallest absolute Gasteiger partial charge is 0.308 e. The number of Topliss-reactive ketones (excluding diaryl/α,β-unsaturated/α-hetero) is 1. The fourth-order valence-corrected chi connectivity index (χ4v) is 3.30. The van der Waals surface area contributed by atoms with Gasteiger partial charge < -0.3 is 14.8 Å². The van der Waals surface area contributed by atoms with Crippen LogP contribution >= 0.6 is 11.6 Å². The van der Waals surface area contributed by atoms with Gasteiger partial charge in [-0.25, -0.2) is 0 Å². The molecule has 2 aromatic rings. The molecule has 30 heavy (non-hydrogen) atoms. The normalized spacial score (nSPS) is 11.7. The predicted octanol–water partition coefficient (Wildman–Crippen LogP) is 4.29. The summed E-state index contributed by atoms with van der Waals surface area (Å²) in [6.07, 6.45) is -0.346. The number of benzene rings is 2. The minimum Gasteiger partial charge on any atom is -0.496 e. The molecule has 0 bridgehead atoms. The van der Waals surface area contributed by atoms with Crippen LogP contribution in [0.15, 0.2) is 42.5 Å². The van der Waals surface area contributed by atoms with Gasteiger partial charge in [0.1, 0.15) is 5.75 Å². The molecule has 160 valence electrons. The number of methoxy groups -OCH3 is 1. The molecule has 0 aliphatic rings. The number of nitrogens with one attached hydrogen (secondary N) is 1. The Bertz CT molecular complexity index is 926. The van der Waals surface area contributed by atoms with Crippen LogP contribution < -0.4 is 10.1 Å². The zero-order valence-electron chi connectivity index (χ0n) is 17.5. The lowest BCUT2D eigenvalue weighted by atomic mass is 10.0. The van der Waals surface area contributed by atoms with Crippen molar-refractivity contribution >= 4 is 29.3 Å². The van der Waals surface area contributed by atoms with Gasteiger partial charge in [-0.15, -0.1) is 0 Å². The van der Waals surface area contributed by atoms with E-state index in [1.165, 1.54) is 14.0 Å². The molecule has 0 fully saturated rings. The molecule has 7 heteroatoms. The van der Waals surface area contributed by atoms with Crippen LogP contribution in [0, 0.1) is 0 Å². The molecule has 6 nitrogen and oxygen atoms in total. The van der Waals surface area contributed by atoms with Gasteiger partial charge in [-0.1, -0.05) is 29.8 Å². The number of carbonyl (C=O) groups excluding carboxylic acids is 3. The molecule has 0 saturated carbocycles. The van der Waals surface area contributed by atoms with Gasteiger partial charge in [-0.05, 0) is 50.6 Å². The molecule has 2 aromatic carbocycles. The van der Waals surface area contributed by atoms with Crippen molar-refractivity contribution in [1.82, 2.24) is 5.32 Å². The van der Waals surface area contributed by atoms with E-state index in [2.05, 4.69) is 5.32 Å². The highest BCUT2D eigenvalue weighted by molar-refractivity contribution is 6.31. The highest BCUT2D eigenvalue weighted by Crippen LogP contribution is 2.27. The van der Waals surface area contributed by atoms with E-state index >= 15 is 0 Å². The Morgan fingerprint density at radius 3 is 2.40 bits per heavy atom. The highest BCUT2D eigenvalue weighted by atomic mass is 35.5. The van der Waals surface area contributed by atoms with Crippen molar-refractivity contribution in [2.75, 3.05) is 7.11 Å². The van der Waals surface area contributed by atoms with E-state index in [0.717, 1.165) is 0 Å². The van der Waals surface area contributed by atoms with E-state index in [9.17, 15) is 14.4 Å². The summed E-state index contributed by atoms with van der Waals surface area (Å²) in [6, 6.07) is 11.3. The number of rotatable bonds is 9. The average molecular weight is 432 g/mol. The maximum Gasteiger partial charge on any atom is 0.308 e. The summed E-state index contributed by atoms with van der Waals surface area (Å²) in [7, 11) is 1.50. The van der Waals surface area contributed by atoms with E-state index in [1.54, 1.807) is 56.3 Å². The summed E-state index contributed by atoms with van der Waals surface area (Å²) >= 11 is 6.29. The van der Waals surface area contributed by atoms with Crippen LogP contribution in [-0.4, -0.2) is 30.9 Å². The van der Waals surface area contributed by atoms with E-state index in [-0.39, 0.29) is 30.6 Å². The average Bonchev–Trinajstić information content (AvgIpc) is 2.67. The van der Waals surface area contributed by atoms with Crippen LogP contribution in [0.5, 0.6) is 5.75 Å². The highest BCUT2D eigenvalue weighted by Gasteiger charge is 2.23. The number of ether oxygens (including phenoxy) is 2. The second-order valence-electron chi connectivity index (χ2n) is 7.14. The second kappa shape index (κ2) is 10.8. The topological polar surface area (TPSA) is 81.7 Å². The molecule has 0 heterocycles. The lowest BCUT2D eigenvalue weighted by Crippen LogP contribution is -2.32. The molecule has 0 saturated heterocycles. The molecule has 0 spiro atoms. The van der Waals surface area contributed by atoms with Crippen LogP contribution in [0.25, 0.3) is 0 Å². The molecular weight excluding hydrogens is 406 g/mol. The number of ketones is 1. The number of hydrogen-bond acceptors (Lipinski definition) is 5. The Morgan fingerprint density at radius 1 is 1.10 bits per heavy atom. The fourth-order valence-electron chi connectivity index (χ4n) is 3.03. The van der Waals surface area contributed by atoms with Crippen molar-refractivity contribution in [2.24, 2.45) is 0 Å². The SMILES string of the molecule is COc1ccc(C(C)=O)cc1CC(=O)NC(CC(=O)OC(C)C)c1ccccc1Cl. The molecule has 1 N–H and O–H groups in total. The summed E-state index contributed by atoms with van der Waals surface area (Å²) in [5.41, 5.74) is 1.69. The van der Waals surface area contributed by atoms with Gasteiger partial charge in [0.25, 0.3) is 0 Å². The number of amides is 1. The Labute approximate surface area is 181 Å². The van der Waals surface area contributed by atoms with Crippen LogP contribution in [0.1, 0.15) is 54.7 Å². The van der Waals surface area contributed by atoms with Crippen LogP contribution in [0.2, 0.25) is 5.02 Å². The first-order chi connectivity index (χ1) is 14.2. The Kier molecular flexibility index (Phi) is 8.42. The monoisotopic (exact) mass is 431 g/mol. The van der Waals surface area contributed by atoms with Crippen molar-refractivity contribution in [1.29, 1.82) is 0 Å². The van der Waals surface area contributed by atoms with Gasteiger partial charge >= 0.3 is 5.97 Å². The molecule has 1 atom stereocenters. The molecule has 0 aliphatic carbocycles. The first-order valence-electron chi connectivity index (χ1n) is 9.62. The Hall–Kier alpha value is -2.86. The molecule has 0 radical (unpaired) electrons. The molecule has 0 aromatic heterocycles. The first-order valence-corrected chi connectivity index (χ1v) is 10.00. The lowest BCUT2D eigenvalue weighted by molar-refractivity contribution is -0.148. The fraction of sp³-hybridized carbons (Fsp3) is 0.348. The predicted molar refractivity (Wildman–Crippen MR) is 115 cm³/mol. The zero-order chi connectivity index (χ0) is 22.3. The summed E-state index contributed by atoms with van der Waals surface area (Å²) in [5, 5.41) is 3.30. The third-order valence-corrected chi connectivity index (χ3v) is 4.74. The molecule has 1 unspecified atom stereocenters. The van der Waals surface area contributed by atoms with Crippen molar-refractivity contribution in [2.45, 2.75) is 45.8 Å². The Morgan fingerprint density at radius 2 is 1.80 bits per heavy atom. The minimum atomic E-state index is -0.653. The van der Waals surface area contributed by atoms with Crippen molar-refractivity contribution in [3.63, 3.8) is 0 Å². The molecule has 2 rings (SSSR count). The molecule has 1 amide bonds. The second-order valence-corrected chi connectivity index (χ2v) is 7.55. The van der Waals surface area contributed by atoms with Gasteiger partial charge in [-0.3, -0.25) is 14.4 Å². The maximum absolute atomic E-state index is 12.8. The largest absolute Gasteiger partial charge is 0.496 e.